The number of amides is 1. The van der Waals surface area contributed by atoms with Gasteiger partial charge in [0.2, 0.25) is 5.88 Å². The average Bonchev–Trinajstić information content (AvgIpc) is 2.27. The Morgan fingerprint density at radius 1 is 1.58 bits per heavy atom. The Labute approximate surface area is 111 Å². The molecule has 1 amide bonds. The Morgan fingerprint density at radius 3 is 2.68 bits per heavy atom. The number of carbonyl (C=O) groups is 1. The van der Waals surface area contributed by atoms with E-state index >= 15 is 0 Å². The van der Waals surface area contributed by atoms with Gasteiger partial charge in [-0.15, -0.1) is 0 Å². The van der Waals surface area contributed by atoms with Gasteiger partial charge in [-0.25, -0.2) is 9.78 Å². The fraction of sp³-hybridized carbons (Fsp3) is 0.400. The minimum atomic E-state index is -4.53. The van der Waals surface area contributed by atoms with Crippen LogP contribution in [0.25, 0.3) is 0 Å². The Morgan fingerprint density at radius 2 is 2.21 bits per heavy atom. The lowest BCUT2D eigenvalue weighted by atomic mass is 10.3. The average molecular weight is 299 g/mol. The molecular weight excluding hydrogens is 289 g/mol. The molecule has 9 heteroatoms. The second-order valence-corrected chi connectivity index (χ2v) is 3.97. The number of aromatic nitrogens is 1. The molecule has 1 atom stereocenters. The highest BCUT2D eigenvalue weighted by Gasteiger charge is 2.31. The molecule has 0 radical (unpaired) electrons. The number of carbonyl (C=O) groups excluding carboxylic acids is 1. The number of ether oxygens (including phenoxy) is 2. The van der Waals surface area contributed by atoms with Gasteiger partial charge in [-0.3, -0.25) is 0 Å². The quantitative estimate of drug-likeness (QED) is 0.927. The highest BCUT2D eigenvalue weighted by atomic mass is 35.5. The molecule has 0 aromatic carbocycles. The molecule has 5 nitrogen and oxygen atoms in total. The summed E-state index contributed by atoms with van der Waals surface area (Å²) >= 11 is 5.62. The molecule has 0 saturated carbocycles. The molecule has 0 spiro atoms. The van der Waals surface area contributed by atoms with Crippen LogP contribution in [-0.4, -0.2) is 23.8 Å². The number of nitrogens with zero attached hydrogens (tertiary/aromatic N) is 1. The van der Waals surface area contributed by atoms with E-state index in [1.165, 1.54) is 6.92 Å². The number of halogens is 4. The zero-order valence-electron chi connectivity index (χ0n) is 9.70. The Balaban J connectivity index is 2.72. The monoisotopic (exact) mass is 298 g/mol. The van der Waals surface area contributed by atoms with E-state index in [-0.39, 0.29) is 17.5 Å². The summed E-state index contributed by atoms with van der Waals surface area (Å²) in [5, 5.41) is -0.291. The summed E-state index contributed by atoms with van der Waals surface area (Å²) in [5.74, 6) is -0.185. The molecule has 0 aliphatic carbocycles. The second kappa shape index (κ2) is 5.96. The maximum Gasteiger partial charge on any atom is 0.417 e. The van der Waals surface area contributed by atoms with Gasteiger partial charge in [-0.05, 0) is 13.0 Å². The number of pyridine rings is 1. The van der Waals surface area contributed by atoms with Gasteiger partial charge in [0.25, 0.3) is 0 Å². The topological polar surface area (TPSA) is 74.4 Å². The van der Waals surface area contributed by atoms with Crippen LogP contribution in [0.15, 0.2) is 12.3 Å². The van der Waals surface area contributed by atoms with Crippen LogP contribution in [-0.2, 0) is 10.9 Å². The van der Waals surface area contributed by atoms with Crippen molar-refractivity contribution in [2.75, 3.05) is 6.61 Å². The third-order valence-corrected chi connectivity index (χ3v) is 2.18. The largest absolute Gasteiger partial charge is 0.470 e. The van der Waals surface area contributed by atoms with Crippen molar-refractivity contribution in [1.82, 2.24) is 4.98 Å². The second-order valence-electron chi connectivity index (χ2n) is 3.57. The van der Waals surface area contributed by atoms with Gasteiger partial charge in [-0.2, -0.15) is 13.2 Å². The molecule has 106 valence electrons. The number of primary amides is 1. The number of alkyl halides is 3. The molecule has 0 bridgehead atoms. The molecule has 1 heterocycles. The van der Waals surface area contributed by atoms with E-state index in [1.807, 2.05) is 0 Å². The maximum atomic E-state index is 12.4. The fourth-order valence-electron chi connectivity index (χ4n) is 1.09. The maximum absolute atomic E-state index is 12.4. The van der Waals surface area contributed by atoms with Crippen molar-refractivity contribution < 1.29 is 27.4 Å². The van der Waals surface area contributed by atoms with Crippen LogP contribution in [0, 0.1) is 0 Å². The summed E-state index contributed by atoms with van der Waals surface area (Å²) in [6.07, 6.45) is -5.57. The molecule has 1 aromatic rings. The number of hydrogen-bond acceptors (Lipinski definition) is 4. The lowest BCUT2D eigenvalue weighted by molar-refractivity contribution is -0.137. The van der Waals surface area contributed by atoms with Gasteiger partial charge >= 0.3 is 12.3 Å². The van der Waals surface area contributed by atoms with Crippen LogP contribution in [0.4, 0.5) is 18.0 Å². The van der Waals surface area contributed by atoms with E-state index in [4.69, 9.17) is 22.1 Å². The van der Waals surface area contributed by atoms with Crippen LogP contribution in [0.3, 0.4) is 0 Å². The molecule has 0 fully saturated rings. The molecule has 0 saturated heterocycles. The fourth-order valence-corrected chi connectivity index (χ4v) is 1.30. The van der Waals surface area contributed by atoms with Gasteiger partial charge in [0.15, 0.2) is 0 Å². The van der Waals surface area contributed by atoms with Gasteiger partial charge in [0, 0.05) is 6.20 Å². The number of hydrogen-bond donors (Lipinski definition) is 1. The molecular formula is C10H10ClF3N2O3. The zero-order valence-corrected chi connectivity index (χ0v) is 10.5. The highest BCUT2D eigenvalue weighted by molar-refractivity contribution is 6.31. The standard InChI is InChI=1S/C10H10ClF3N2O3/c1-5(4-18-9(15)17)19-8-7(11)2-6(3-16-8)10(12,13)14/h2-3,5H,4H2,1H3,(H2,15,17). The summed E-state index contributed by atoms with van der Waals surface area (Å²) in [4.78, 5) is 13.8. The van der Waals surface area contributed by atoms with Gasteiger partial charge in [0.1, 0.15) is 17.7 Å². The molecule has 0 aliphatic heterocycles. The number of nitrogens with two attached hydrogens (primary N) is 1. The van der Waals surface area contributed by atoms with Crippen molar-refractivity contribution in [3.8, 4) is 5.88 Å². The van der Waals surface area contributed by atoms with E-state index < -0.39 is 23.9 Å². The van der Waals surface area contributed by atoms with Crippen LogP contribution in [0.2, 0.25) is 5.02 Å². The third-order valence-electron chi connectivity index (χ3n) is 1.91. The van der Waals surface area contributed by atoms with Crippen molar-refractivity contribution in [3.05, 3.63) is 22.8 Å². The van der Waals surface area contributed by atoms with Crippen molar-refractivity contribution in [2.24, 2.45) is 5.73 Å². The van der Waals surface area contributed by atoms with Crippen molar-refractivity contribution in [2.45, 2.75) is 19.2 Å². The van der Waals surface area contributed by atoms with E-state index in [0.717, 1.165) is 0 Å². The van der Waals surface area contributed by atoms with Crippen molar-refractivity contribution in [3.63, 3.8) is 0 Å². The molecule has 1 rings (SSSR count). The smallest absolute Gasteiger partial charge is 0.417 e. The first-order valence-electron chi connectivity index (χ1n) is 5.01. The summed E-state index contributed by atoms with van der Waals surface area (Å²) in [6.45, 7) is 1.34. The highest BCUT2D eigenvalue weighted by Crippen LogP contribution is 2.33. The first kappa shape index (κ1) is 15.4. The van der Waals surface area contributed by atoms with E-state index in [1.54, 1.807) is 0 Å². The minimum absolute atomic E-state index is 0.172. The Bertz CT molecular complexity index is 468. The molecule has 2 N–H and O–H groups in total. The molecule has 0 aliphatic rings. The minimum Gasteiger partial charge on any atom is -0.470 e. The van der Waals surface area contributed by atoms with E-state index in [0.29, 0.717) is 12.3 Å². The SMILES string of the molecule is CC(COC(N)=O)Oc1ncc(C(F)(F)F)cc1Cl. The van der Waals surface area contributed by atoms with Crippen LogP contribution in [0.5, 0.6) is 5.88 Å². The zero-order chi connectivity index (χ0) is 14.6. The van der Waals surface area contributed by atoms with E-state index in [2.05, 4.69) is 9.72 Å². The number of rotatable bonds is 4. The Hall–Kier alpha value is -1.70. The normalized spacial score (nSPS) is 12.9. The summed E-state index contributed by atoms with van der Waals surface area (Å²) in [6, 6.07) is 0.700. The molecule has 1 aromatic heterocycles. The van der Waals surface area contributed by atoms with Gasteiger partial charge < -0.3 is 15.2 Å². The van der Waals surface area contributed by atoms with Gasteiger partial charge in [-0.1, -0.05) is 11.6 Å². The summed E-state index contributed by atoms with van der Waals surface area (Å²) in [7, 11) is 0. The summed E-state index contributed by atoms with van der Waals surface area (Å²) in [5.41, 5.74) is 3.77. The van der Waals surface area contributed by atoms with Crippen molar-refractivity contribution >= 4 is 17.7 Å². The first-order chi connectivity index (χ1) is 8.70. The predicted octanol–water partition coefficient (Wildman–Crippen LogP) is 2.62. The molecule has 1 unspecified atom stereocenters. The Kier molecular flexibility index (Phi) is 4.82. The van der Waals surface area contributed by atoms with Crippen LogP contribution < -0.4 is 10.5 Å². The predicted molar refractivity (Wildman–Crippen MR) is 59.9 cm³/mol. The lowest BCUT2D eigenvalue weighted by Crippen LogP contribution is -2.24. The third kappa shape index (κ3) is 4.82. The van der Waals surface area contributed by atoms with Crippen LogP contribution >= 0.6 is 11.6 Å². The lowest BCUT2D eigenvalue weighted by Gasteiger charge is -2.15. The van der Waals surface area contributed by atoms with Crippen LogP contribution in [0.1, 0.15) is 12.5 Å². The van der Waals surface area contributed by atoms with Crippen molar-refractivity contribution in [1.29, 1.82) is 0 Å². The molecule has 19 heavy (non-hydrogen) atoms. The summed E-state index contributed by atoms with van der Waals surface area (Å²) < 4.78 is 46.7. The van der Waals surface area contributed by atoms with E-state index in [9.17, 15) is 18.0 Å². The van der Waals surface area contributed by atoms with Gasteiger partial charge in [0.05, 0.1) is 5.56 Å². The first-order valence-corrected chi connectivity index (χ1v) is 5.39.